The van der Waals surface area contributed by atoms with Crippen LogP contribution in [0, 0.1) is 0 Å². The topological polar surface area (TPSA) is 76.2 Å². The van der Waals surface area contributed by atoms with Crippen LogP contribution in [0.25, 0.3) is 11.1 Å². The van der Waals surface area contributed by atoms with Crippen molar-refractivity contribution in [2.24, 2.45) is 0 Å². The smallest absolute Gasteiger partial charge is 0.254 e. The molecule has 1 saturated heterocycles. The van der Waals surface area contributed by atoms with Crippen molar-refractivity contribution in [3.63, 3.8) is 0 Å². The van der Waals surface area contributed by atoms with Gasteiger partial charge in [-0.25, -0.2) is 8.42 Å². The molecule has 0 unspecified atom stereocenters. The predicted octanol–water partition coefficient (Wildman–Crippen LogP) is 3.27. The summed E-state index contributed by atoms with van der Waals surface area (Å²) in [6, 6.07) is 22.0. The molecule has 1 fully saturated rings. The van der Waals surface area contributed by atoms with Gasteiger partial charge in [-0.3, -0.25) is 4.79 Å². The molecule has 0 spiro atoms. The van der Waals surface area contributed by atoms with Gasteiger partial charge < -0.3 is 14.4 Å². The van der Waals surface area contributed by atoms with Crippen LogP contribution in [-0.4, -0.2) is 62.9 Å². The SMILES string of the molecule is O=C(c1ccccc1-c1ccccc1)N1CCN(S(=O)(=O)c2ccc3c(c2)OCCO3)CC1. The zero-order valence-corrected chi connectivity index (χ0v) is 18.8. The van der Waals surface area contributed by atoms with Crippen molar-refractivity contribution in [3.05, 3.63) is 78.4 Å². The Labute approximate surface area is 193 Å². The van der Waals surface area contributed by atoms with Gasteiger partial charge in [0.2, 0.25) is 10.0 Å². The number of carbonyl (C=O) groups is 1. The van der Waals surface area contributed by atoms with Crippen molar-refractivity contribution in [1.82, 2.24) is 9.21 Å². The lowest BCUT2D eigenvalue weighted by Crippen LogP contribution is -2.50. The van der Waals surface area contributed by atoms with Gasteiger partial charge in [0.05, 0.1) is 4.90 Å². The highest BCUT2D eigenvalue weighted by molar-refractivity contribution is 7.89. The molecule has 8 heteroatoms. The molecule has 33 heavy (non-hydrogen) atoms. The minimum atomic E-state index is -3.70. The summed E-state index contributed by atoms with van der Waals surface area (Å²) in [6.45, 7) is 1.95. The number of fused-ring (bicyclic) bond motifs is 1. The van der Waals surface area contributed by atoms with E-state index in [1.54, 1.807) is 11.0 Å². The molecule has 5 rings (SSSR count). The van der Waals surface area contributed by atoms with Crippen LogP contribution in [0.4, 0.5) is 0 Å². The predicted molar refractivity (Wildman–Crippen MR) is 124 cm³/mol. The maximum Gasteiger partial charge on any atom is 0.254 e. The fourth-order valence-corrected chi connectivity index (χ4v) is 5.61. The van der Waals surface area contributed by atoms with Crippen LogP contribution >= 0.6 is 0 Å². The second kappa shape index (κ2) is 8.88. The maximum absolute atomic E-state index is 13.3. The molecule has 7 nitrogen and oxygen atoms in total. The molecule has 0 aromatic heterocycles. The van der Waals surface area contributed by atoms with E-state index in [1.807, 2.05) is 54.6 Å². The van der Waals surface area contributed by atoms with Gasteiger partial charge in [-0.1, -0.05) is 48.5 Å². The molecule has 0 bridgehead atoms. The first-order valence-electron chi connectivity index (χ1n) is 10.9. The van der Waals surface area contributed by atoms with Crippen LogP contribution in [0.15, 0.2) is 77.7 Å². The number of sulfonamides is 1. The lowest BCUT2D eigenvalue weighted by atomic mass is 9.99. The summed E-state index contributed by atoms with van der Waals surface area (Å²) in [5.41, 5.74) is 2.46. The number of benzene rings is 3. The van der Waals surface area contributed by atoms with Crippen LogP contribution in [0.1, 0.15) is 10.4 Å². The number of hydrogen-bond acceptors (Lipinski definition) is 5. The van der Waals surface area contributed by atoms with Gasteiger partial charge in [0.25, 0.3) is 5.91 Å². The number of nitrogens with zero attached hydrogens (tertiary/aromatic N) is 2. The molecule has 0 atom stereocenters. The first-order chi connectivity index (χ1) is 16.0. The average molecular weight is 465 g/mol. The van der Waals surface area contributed by atoms with E-state index in [4.69, 9.17) is 9.47 Å². The van der Waals surface area contributed by atoms with Crippen LogP contribution in [0.5, 0.6) is 11.5 Å². The molecule has 3 aromatic carbocycles. The Kier molecular flexibility index (Phi) is 5.78. The molecular weight excluding hydrogens is 440 g/mol. The van der Waals surface area contributed by atoms with E-state index in [1.165, 1.54) is 16.4 Å². The summed E-state index contributed by atoms with van der Waals surface area (Å²) in [6.07, 6.45) is 0. The first kappa shape index (κ1) is 21.5. The van der Waals surface area contributed by atoms with Crippen LogP contribution in [0.3, 0.4) is 0 Å². The summed E-state index contributed by atoms with van der Waals surface area (Å²) in [5.74, 6) is 0.896. The largest absolute Gasteiger partial charge is 0.486 e. The summed E-state index contributed by atoms with van der Waals surface area (Å²) >= 11 is 0. The normalized spacial score (nSPS) is 16.4. The zero-order valence-electron chi connectivity index (χ0n) is 18.0. The Morgan fingerprint density at radius 2 is 1.42 bits per heavy atom. The second-order valence-electron chi connectivity index (χ2n) is 7.91. The van der Waals surface area contributed by atoms with E-state index in [2.05, 4.69) is 0 Å². The molecule has 0 saturated carbocycles. The van der Waals surface area contributed by atoms with Gasteiger partial charge in [-0.05, 0) is 29.3 Å². The summed E-state index contributed by atoms with van der Waals surface area (Å²) in [4.78, 5) is 15.2. The fourth-order valence-electron chi connectivity index (χ4n) is 4.17. The molecule has 1 amide bonds. The van der Waals surface area contributed by atoms with Gasteiger partial charge >= 0.3 is 0 Å². The van der Waals surface area contributed by atoms with Crippen LogP contribution < -0.4 is 9.47 Å². The summed E-state index contributed by atoms with van der Waals surface area (Å²) in [7, 11) is -3.70. The van der Waals surface area contributed by atoms with Gasteiger partial charge in [0, 0.05) is 37.8 Å². The molecule has 2 aliphatic heterocycles. The molecule has 0 radical (unpaired) electrons. The van der Waals surface area contributed by atoms with Crippen LogP contribution in [0.2, 0.25) is 0 Å². The number of rotatable bonds is 4. The van der Waals surface area contributed by atoms with E-state index in [0.29, 0.717) is 43.4 Å². The Balaban J connectivity index is 1.31. The van der Waals surface area contributed by atoms with Crippen molar-refractivity contribution >= 4 is 15.9 Å². The molecule has 2 heterocycles. The Bertz CT molecular complexity index is 1270. The number of carbonyl (C=O) groups excluding carboxylic acids is 1. The molecule has 0 N–H and O–H groups in total. The van der Waals surface area contributed by atoms with E-state index in [-0.39, 0.29) is 23.9 Å². The van der Waals surface area contributed by atoms with Gasteiger partial charge in [0.15, 0.2) is 11.5 Å². The van der Waals surface area contributed by atoms with Crippen molar-refractivity contribution in [3.8, 4) is 22.6 Å². The molecule has 170 valence electrons. The highest BCUT2D eigenvalue weighted by Crippen LogP contribution is 2.33. The lowest BCUT2D eigenvalue weighted by molar-refractivity contribution is 0.0698. The Morgan fingerprint density at radius 3 is 2.18 bits per heavy atom. The van der Waals surface area contributed by atoms with E-state index in [9.17, 15) is 13.2 Å². The van der Waals surface area contributed by atoms with Crippen molar-refractivity contribution < 1.29 is 22.7 Å². The number of amides is 1. The molecule has 0 aliphatic carbocycles. The minimum Gasteiger partial charge on any atom is -0.486 e. The van der Waals surface area contributed by atoms with Gasteiger partial charge in [-0.2, -0.15) is 4.31 Å². The first-order valence-corrected chi connectivity index (χ1v) is 12.3. The lowest BCUT2D eigenvalue weighted by Gasteiger charge is -2.34. The van der Waals surface area contributed by atoms with Crippen molar-refractivity contribution in [2.45, 2.75) is 4.90 Å². The maximum atomic E-state index is 13.3. The summed E-state index contributed by atoms with van der Waals surface area (Å²) < 4.78 is 38.8. The third-order valence-electron chi connectivity index (χ3n) is 5.92. The molecule has 2 aliphatic rings. The average Bonchev–Trinajstić information content (AvgIpc) is 2.88. The monoisotopic (exact) mass is 464 g/mol. The summed E-state index contributed by atoms with van der Waals surface area (Å²) in [5, 5.41) is 0. The number of piperazine rings is 1. The number of ether oxygens (including phenoxy) is 2. The van der Waals surface area contributed by atoms with E-state index in [0.717, 1.165) is 11.1 Å². The quantitative estimate of drug-likeness (QED) is 0.592. The highest BCUT2D eigenvalue weighted by Gasteiger charge is 2.32. The van der Waals surface area contributed by atoms with Crippen LogP contribution in [-0.2, 0) is 10.0 Å². The Morgan fingerprint density at radius 1 is 0.758 bits per heavy atom. The minimum absolute atomic E-state index is 0.0918. The Hall–Kier alpha value is -3.36. The second-order valence-corrected chi connectivity index (χ2v) is 9.85. The number of hydrogen-bond donors (Lipinski definition) is 0. The van der Waals surface area contributed by atoms with Gasteiger partial charge in [-0.15, -0.1) is 0 Å². The highest BCUT2D eigenvalue weighted by atomic mass is 32.2. The van der Waals surface area contributed by atoms with E-state index < -0.39 is 10.0 Å². The van der Waals surface area contributed by atoms with Crippen molar-refractivity contribution in [2.75, 3.05) is 39.4 Å². The standard InChI is InChI=1S/C25H24N2O5S/c28-25(22-9-5-4-8-21(22)19-6-2-1-3-7-19)26-12-14-27(15-13-26)33(29,30)20-10-11-23-24(18-20)32-17-16-31-23/h1-11,18H,12-17H2. The third kappa shape index (κ3) is 4.19. The zero-order chi connectivity index (χ0) is 22.8. The van der Waals surface area contributed by atoms with Gasteiger partial charge in [0.1, 0.15) is 13.2 Å². The van der Waals surface area contributed by atoms with Crippen molar-refractivity contribution in [1.29, 1.82) is 0 Å². The molecular formula is C25H24N2O5S. The van der Waals surface area contributed by atoms with E-state index >= 15 is 0 Å². The molecule has 3 aromatic rings. The third-order valence-corrected chi connectivity index (χ3v) is 7.81. The fraction of sp³-hybridized carbons (Fsp3) is 0.240.